The molecule has 0 bridgehead atoms. The lowest BCUT2D eigenvalue weighted by molar-refractivity contribution is -0.116. The Morgan fingerprint density at radius 1 is 1.23 bits per heavy atom. The largest absolute Gasteiger partial charge is 0.509 e. The van der Waals surface area contributed by atoms with Gasteiger partial charge in [-0.3, -0.25) is 0 Å². The number of ether oxygens (including phenoxy) is 3. The van der Waals surface area contributed by atoms with Crippen molar-refractivity contribution in [2.24, 2.45) is 0 Å². The summed E-state index contributed by atoms with van der Waals surface area (Å²) in [5, 5.41) is 9.95. The second-order valence-corrected chi connectivity index (χ2v) is 9.84. The monoisotopic (exact) mass is 470 g/mol. The molecule has 174 valence electrons. The van der Waals surface area contributed by atoms with Gasteiger partial charge in [0.2, 0.25) is 0 Å². The van der Waals surface area contributed by atoms with Gasteiger partial charge in [0.15, 0.2) is 0 Å². The minimum absolute atomic E-state index is 0.0724. The Morgan fingerprint density at radius 3 is 2.39 bits per heavy atom. The fraction of sp³-hybridized carbons (Fsp3) is 0.650. The smallest absolute Gasteiger partial charge is 0.489 e. The summed E-state index contributed by atoms with van der Waals surface area (Å²) in [5.41, 5.74) is -7.14. The Labute approximate surface area is 180 Å². The minimum atomic E-state index is -4.70. The molecule has 0 saturated heterocycles. The van der Waals surface area contributed by atoms with Gasteiger partial charge in [-0.25, -0.2) is 13.6 Å². The molecule has 0 aliphatic heterocycles. The van der Waals surface area contributed by atoms with Crippen LogP contribution in [0.15, 0.2) is 17.0 Å². The number of rotatable bonds is 5. The summed E-state index contributed by atoms with van der Waals surface area (Å²) in [4.78, 5) is 11.5. The number of aliphatic hydroxyl groups is 1. The van der Waals surface area contributed by atoms with Crippen LogP contribution in [0.3, 0.4) is 0 Å². The molecular weight excluding hydrogens is 447 g/mol. The van der Waals surface area contributed by atoms with Gasteiger partial charge in [0.05, 0.1) is 0 Å². The highest BCUT2D eigenvalue weighted by atomic mass is 32.2. The van der Waals surface area contributed by atoms with Crippen LogP contribution in [0.5, 0.6) is 5.75 Å². The number of thioether (sulfide) groups is 1. The van der Waals surface area contributed by atoms with Gasteiger partial charge in [-0.2, -0.15) is 13.2 Å². The van der Waals surface area contributed by atoms with Crippen LogP contribution in [0.1, 0.15) is 57.3 Å². The van der Waals surface area contributed by atoms with Crippen LogP contribution < -0.4 is 4.74 Å². The van der Waals surface area contributed by atoms with Gasteiger partial charge in [-0.05, 0) is 63.9 Å². The fourth-order valence-electron chi connectivity index (χ4n) is 3.50. The van der Waals surface area contributed by atoms with E-state index in [0.717, 1.165) is 12.5 Å². The Hall–Kier alpha value is -1.75. The lowest BCUT2D eigenvalue weighted by Crippen LogP contribution is -2.48. The van der Waals surface area contributed by atoms with Crippen LogP contribution in [0, 0.1) is 0 Å². The second-order valence-electron chi connectivity index (χ2n) is 8.73. The molecule has 1 atom stereocenters. The summed E-state index contributed by atoms with van der Waals surface area (Å²) in [6.45, 7) is 4.85. The lowest BCUT2D eigenvalue weighted by atomic mass is 9.80. The van der Waals surface area contributed by atoms with Crippen molar-refractivity contribution in [3.05, 3.63) is 23.3 Å². The molecule has 31 heavy (non-hydrogen) atoms. The molecular formula is C20H23F5O5S. The number of halogens is 5. The maximum atomic E-state index is 14.1. The van der Waals surface area contributed by atoms with Crippen molar-refractivity contribution in [2.45, 2.75) is 80.1 Å². The number of carbonyl (C=O) groups excluding carboxylic acids is 1. The summed E-state index contributed by atoms with van der Waals surface area (Å²) < 4.78 is 82.9. The average Bonchev–Trinajstić information content (AvgIpc) is 2.78. The molecule has 0 aromatic heterocycles. The molecule has 0 heterocycles. The van der Waals surface area contributed by atoms with Gasteiger partial charge in [0, 0.05) is 22.4 Å². The van der Waals surface area contributed by atoms with Crippen molar-refractivity contribution in [3.63, 3.8) is 0 Å². The van der Waals surface area contributed by atoms with Crippen LogP contribution in [0.4, 0.5) is 26.7 Å². The maximum Gasteiger partial charge on any atom is 0.509 e. The Morgan fingerprint density at radius 2 is 1.87 bits per heavy atom. The van der Waals surface area contributed by atoms with E-state index < -0.39 is 63.5 Å². The molecule has 1 N–H and O–H groups in total. The topological polar surface area (TPSA) is 65.0 Å². The van der Waals surface area contributed by atoms with E-state index in [4.69, 9.17) is 14.2 Å². The van der Waals surface area contributed by atoms with Crippen LogP contribution >= 0.6 is 11.8 Å². The third kappa shape index (κ3) is 5.54. The summed E-state index contributed by atoms with van der Waals surface area (Å²) >= 11 is -0.563. The summed E-state index contributed by atoms with van der Waals surface area (Å²) in [7, 11) is 0. The first kappa shape index (κ1) is 23.9. The Kier molecular flexibility index (Phi) is 6.16. The van der Waals surface area contributed by atoms with E-state index in [-0.39, 0.29) is 17.9 Å². The molecule has 5 nitrogen and oxygen atoms in total. The molecule has 2 aliphatic carbocycles. The predicted octanol–water partition coefficient (Wildman–Crippen LogP) is 5.78. The van der Waals surface area contributed by atoms with Crippen molar-refractivity contribution in [3.8, 4) is 5.75 Å². The zero-order valence-electron chi connectivity index (χ0n) is 17.1. The molecule has 0 radical (unpaired) electrons. The highest BCUT2D eigenvalue weighted by Gasteiger charge is 2.51. The van der Waals surface area contributed by atoms with Crippen molar-refractivity contribution in [1.29, 1.82) is 0 Å². The third-order valence-corrected chi connectivity index (χ3v) is 5.84. The van der Waals surface area contributed by atoms with E-state index >= 15 is 0 Å². The summed E-state index contributed by atoms with van der Waals surface area (Å²) in [5.74, 6) is -3.69. The first-order chi connectivity index (χ1) is 14.1. The van der Waals surface area contributed by atoms with Crippen molar-refractivity contribution in [1.82, 2.24) is 0 Å². The van der Waals surface area contributed by atoms with E-state index in [1.165, 1.54) is 6.07 Å². The van der Waals surface area contributed by atoms with Gasteiger partial charge < -0.3 is 19.3 Å². The van der Waals surface area contributed by atoms with Gasteiger partial charge in [0.1, 0.15) is 29.7 Å². The van der Waals surface area contributed by atoms with E-state index in [1.807, 2.05) is 0 Å². The molecule has 2 aliphatic rings. The normalized spacial score (nSPS) is 21.8. The maximum absolute atomic E-state index is 14.1. The number of carbonyl (C=O) groups is 1. The van der Waals surface area contributed by atoms with Crippen molar-refractivity contribution in [2.75, 3.05) is 6.61 Å². The van der Waals surface area contributed by atoms with Crippen LogP contribution in [0.2, 0.25) is 0 Å². The highest BCUT2D eigenvalue weighted by Crippen LogP contribution is 2.52. The first-order valence-corrected chi connectivity index (χ1v) is 10.4. The van der Waals surface area contributed by atoms with Gasteiger partial charge in [-0.1, -0.05) is 0 Å². The average molecular weight is 470 g/mol. The minimum Gasteiger partial charge on any atom is -0.489 e. The number of benzene rings is 1. The van der Waals surface area contributed by atoms with E-state index in [1.54, 1.807) is 20.8 Å². The van der Waals surface area contributed by atoms with Crippen molar-refractivity contribution < 1.29 is 46.1 Å². The van der Waals surface area contributed by atoms with Crippen LogP contribution in [-0.4, -0.2) is 40.5 Å². The second kappa shape index (κ2) is 7.99. The molecule has 1 aromatic carbocycles. The number of fused-ring (bicyclic) bond motifs is 1. The van der Waals surface area contributed by atoms with Crippen LogP contribution in [0.25, 0.3) is 0 Å². The molecule has 0 spiro atoms. The summed E-state index contributed by atoms with van der Waals surface area (Å²) in [6, 6.07) is 2.17. The number of hydrogen-bond donors (Lipinski definition) is 1. The van der Waals surface area contributed by atoms with Gasteiger partial charge in [0.25, 0.3) is 5.92 Å². The number of hydrogen-bond acceptors (Lipinski definition) is 6. The molecule has 11 heteroatoms. The Balaban J connectivity index is 1.80. The highest BCUT2D eigenvalue weighted by molar-refractivity contribution is 8.00. The molecule has 3 rings (SSSR count). The number of alkyl halides is 5. The predicted molar refractivity (Wildman–Crippen MR) is 101 cm³/mol. The van der Waals surface area contributed by atoms with Crippen LogP contribution in [-0.2, 0) is 15.9 Å². The standard InChI is InChI=1S/C20H23F5O5S/c1-17(2,3)29-16(27)30-18(7-4-8-18)10-28-12-5-6-13(31-20(23,24)25)14-11(12)9-19(21,22)15(14)26/h5-6,15,26H,4,7-10H2,1-3H3. The summed E-state index contributed by atoms with van der Waals surface area (Å²) in [6.07, 6.45) is -2.52. The zero-order valence-corrected chi connectivity index (χ0v) is 18.0. The molecule has 1 fully saturated rings. The molecule has 1 unspecified atom stereocenters. The molecule has 1 aromatic rings. The van der Waals surface area contributed by atoms with E-state index in [0.29, 0.717) is 12.8 Å². The fourth-order valence-corrected chi connectivity index (χ4v) is 4.23. The van der Waals surface area contributed by atoms with Crippen molar-refractivity contribution >= 4 is 17.9 Å². The SMILES string of the molecule is CC(C)(C)OC(=O)OC1(COc2ccc(SC(F)(F)F)c3c2CC(F)(F)C3O)CCC1. The quantitative estimate of drug-likeness (QED) is 0.335. The number of aliphatic hydroxyl groups excluding tert-OH is 1. The Bertz CT molecular complexity index is 846. The van der Waals surface area contributed by atoms with E-state index in [2.05, 4.69) is 0 Å². The lowest BCUT2D eigenvalue weighted by Gasteiger charge is -2.40. The third-order valence-electron chi connectivity index (χ3n) is 5.03. The molecule has 0 amide bonds. The zero-order chi connectivity index (χ0) is 23.2. The van der Waals surface area contributed by atoms with E-state index in [9.17, 15) is 31.9 Å². The first-order valence-electron chi connectivity index (χ1n) is 9.63. The van der Waals surface area contributed by atoms with Gasteiger partial charge >= 0.3 is 11.7 Å². The molecule has 1 saturated carbocycles. The van der Waals surface area contributed by atoms with Gasteiger partial charge in [-0.15, -0.1) is 0 Å².